The van der Waals surface area contributed by atoms with Crippen LogP contribution in [0.15, 0.2) is 0 Å². The molecule has 0 aliphatic carbocycles. The molecule has 3 heteroatoms. The van der Waals surface area contributed by atoms with Crippen molar-refractivity contribution in [3.63, 3.8) is 0 Å². The summed E-state index contributed by atoms with van der Waals surface area (Å²) in [4.78, 5) is 0. The van der Waals surface area contributed by atoms with Gasteiger partial charge in [0.25, 0.3) is 0 Å². The zero-order valence-electron chi connectivity index (χ0n) is 12.1. The van der Waals surface area contributed by atoms with Crippen molar-refractivity contribution in [3.8, 4) is 11.8 Å². The fourth-order valence-corrected chi connectivity index (χ4v) is 2.56. The van der Waals surface area contributed by atoms with Crippen LogP contribution in [-0.2, 0) is 9.47 Å². The number of rotatable bonds is 7. The van der Waals surface area contributed by atoms with Gasteiger partial charge in [-0.2, -0.15) is 0 Å². The van der Waals surface area contributed by atoms with Gasteiger partial charge >= 0.3 is 0 Å². The molecule has 1 aliphatic rings. The highest BCUT2D eigenvalue weighted by Crippen LogP contribution is 2.30. The number of ether oxygens (including phenoxy) is 2. The molecule has 1 N–H and O–H groups in total. The van der Waals surface area contributed by atoms with Gasteiger partial charge in [0.15, 0.2) is 0 Å². The summed E-state index contributed by atoms with van der Waals surface area (Å²) in [6.45, 7) is 9.52. The highest BCUT2D eigenvalue weighted by atomic mass is 16.5. The Labute approximate surface area is 112 Å². The third-order valence-electron chi connectivity index (χ3n) is 3.53. The van der Waals surface area contributed by atoms with Gasteiger partial charge in [-0.1, -0.05) is 6.92 Å². The molecule has 1 heterocycles. The molecule has 3 nitrogen and oxygen atoms in total. The van der Waals surface area contributed by atoms with Crippen LogP contribution >= 0.6 is 0 Å². The first-order chi connectivity index (χ1) is 8.79. The van der Waals surface area contributed by atoms with E-state index in [1.165, 1.54) is 0 Å². The molecule has 0 aromatic rings. The first-order valence-electron chi connectivity index (χ1n) is 7.13. The minimum atomic E-state index is -0.0912. The Bertz CT molecular complexity index is 268. The molecule has 1 fully saturated rings. The van der Waals surface area contributed by atoms with E-state index < -0.39 is 0 Å². The van der Waals surface area contributed by atoms with Crippen LogP contribution in [0.25, 0.3) is 0 Å². The molecule has 0 aromatic heterocycles. The summed E-state index contributed by atoms with van der Waals surface area (Å²) in [7, 11) is 0. The Balaban J connectivity index is 2.75. The van der Waals surface area contributed by atoms with Crippen LogP contribution in [-0.4, -0.2) is 38.0 Å². The lowest BCUT2D eigenvalue weighted by atomic mass is 9.84. The monoisotopic (exact) mass is 253 g/mol. The molecule has 0 radical (unpaired) electrons. The van der Waals surface area contributed by atoms with Gasteiger partial charge in [0, 0.05) is 45.1 Å². The van der Waals surface area contributed by atoms with Crippen LogP contribution in [0.2, 0.25) is 0 Å². The zero-order valence-corrected chi connectivity index (χ0v) is 12.1. The Kier molecular flexibility index (Phi) is 7.34. The van der Waals surface area contributed by atoms with Gasteiger partial charge in [-0.3, -0.25) is 0 Å². The number of hydrogen-bond donors (Lipinski definition) is 1. The number of nitrogens with one attached hydrogen (secondary N) is 1. The third kappa shape index (κ3) is 4.28. The second-order valence-corrected chi connectivity index (χ2v) is 4.75. The number of hydrogen-bond acceptors (Lipinski definition) is 3. The van der Waals surface area contributed by atoms with E-state index in [4.69, 9.17) is 9.47 Å². The van der Waals surface area contributed by atoms with Crippen molar-refractivity contribution in [2.45, 2.75) is 58.1 Å². The maximum Gasteiger partial charge on any atom is 0.0887 e. The van der Waals surface area contributed by atoms with E-state index in [1.54, 1.807) is 0 Å². The topological polar surface area (TPSA) is 30.5 Å². The van der Waals surface area contributed by atoms with Gasteiger partial charge in [-0.25, -0.2) is 0 Å². The lowest BCUT2D eigenvalue weighted by Gasteiger charge is -2.43. The van der Waals surface area contributed by atoms with Crippen molar-refractivity contribution < 1.29 is 9.47 Å². The van der Waals surface area contributed by atoms with E-state index in [0.717, 1.165) is 52.0 Å². The predicted octanol–water partition coefficient (Wildman–Crippen LogP) is 2.35. The van der Waals surface area contributed by atoms with Gasteiger partial charge in [0.2, 0.25) is 0 Å². The minimum absolute atomic E-state index is 0.0912. The quantitative estimate of drug-likeness (QED) is 0.707. The highest BCUT2D eigenvalue weighted by Gasteiger charge is 2.40. The first-order valence-corrected chi connectivity index (χ1v) is 7.13. The third-order valence-corrected chi connectivity index (χ3v) is 3.53. The van der Waals surface area contributed by atoms with E-state index >= 15 is 0 Å². The van der Waals surface area contributed by atoms with Crippen molar-refractivity contribution in [2.75, 3.05) is 26.4 Å². The van der Waals surface area contributed by atoms with E-state index in [1.807, 2.05) is 6.92 Å². The summed E-state index contributed by atoms with van der Waals surface area (Å²) in [6, 6.07) is 0.314. The van der Waals surface area contributed by atoms with Gasteiger partial charge in [0.05, 0.1) is 5.60 Å². The summed E-state index contributed by atoms with van der Waals surface area (Å²) < 4.78 is 11.6. The fraction of sp³-hybridized carbons (Fsp3) is 0.867. The second-order valence-electron chi connectivity index (χ2n) is 4.75. The van der Waals surface area contributed by atoms with E-state index in [0.29, 0.717) is 6.04 Å². The smallest absolute Gasteiger partial charge is 0.0887 e. The molecule has 104 valence electrons. The molecule has 0 amide bonds. The minimum Gasteiger partial charge on any atom is -0.381 e. The van der Waals surface area contributed by atoms with Crippen LogP contribution in [0.1, 0.15) is 46.5 Å². The molecule has 1 rings (SSSR count). The van der Waals surface area contributed by atoms with E-state index in [2.05, 4.69) is 31.0 Å². The molecule has 0 aromatic carbocycles. The van der Waals surface area contributed by atoms with Gasteiger partial charge in [-0.15, -0.1) is 11.8 Å². The van der Waals surface area contributed by atoms with Gasteiger partial charge < -0.3 is 14.8 Å². The molecule has 0 bridgehead atoms. The van der Waals surface area contributed by atoms with Crippen LogP contribution in [0.4, 0.5) is 0 Å². The predicted molar refractivity (Wildman–Crippen MR) is 74.6 cm³/mol. The van der Waals surface area contributed by atoms with Crippen LogP contribution in [0.3, 0.4) is 0 Å². The molecule has 1 saturated heterocycles. The van der Waals surface area contributed by atoms with Crippen molar-refractivity contribution in [1.82, 2.24) is 5.32 Å². The van der Waals surface area contributed by atoms with Crippen molar-refractivity contribution in [3.05, 3.63) is 0 Å². The van der Waals surface area contributed by atoms with E-state index in [9.17, 15) is 0 Å². The maximum atomic E-state index is 6.12. The molecule has 0 saturated carbocycles. The SMILES string of the molecule is CC#CCC(NCCC)C1(OCC)CCOCC1. The van der Waals surface area contributed by atoms with Crippen molar-refractivity contribution in [2.24, 2.45) is 0 Å². The molecule has 1 atom stereocenters. The van der Waals surface area contributed by atoms with Crippen molar-refractivity contribution in [1.29, 1.82) is 0 Å². The summed E-state index contributed by atoms with van der Waals surface area (Å²) in [5, 5.41) is 3.62. The van der Waals surface area contributed by atoms with Crippen LogP contribution in [0.5, 0.6) is 0 Å². The van der Waals surface area contributed by atoms with Gasteiger partial charge in [0.1, 0.15) is 0 Å². The Morgan fingerprint density at radius 2 is 2.06 bits per heavy atom. The summed E-state index contributed by atoms with van der Waals surface area (Å²) in [5.41, 5.74) is -0.0912. The molecular weight excluding hydrogens is 226 g/mol. The summed E-state index contributed by atoms with van der Waals surface area (Å²) >= 11 is 0. The zero-order chi connectivity index (χ0) is 13.3. The van der Waals surface area contributed by atoms with Crippen LogP contribution in [0, 0.1) is 11.8 Å². The van der Waals surface area contributed by atoms with Gasteiger partial charge in [-0.05, 0) is 26.8 Å². The standard InChI is InChI=1S/C15H27NO2/c1-4-7-8-14(16-11-5-2)15(18-6-3)9-12-17-13-10-15/h14,16H,5-6,8-13H2,1-3H3. The molecule has 1 aliphatic heterocycles. The molecule has 0 spiro atoms. The van der Waals surface area contributed by atoms with Crippen molar-refractivity contribution >= 4 is 0 Å². The fourth-order valence-electron chi connectivity index (χ4n) is 2.56. The lowest BCUT2D eigenvalue weighted by Crippen LogP contribution is -2.55. The Morgan fingerprint density at radius 3 is 2.61 bits per heavy atom. The maximum absolute atomic E-state index is 6.12. The molecule has 1 unspecified atom stereocenters. The second kappa shape index (κ2) is 8.53. The first kappa shape index (κ1) is 15.5. The summed E-state index contributed by atoms with van der Waals surface area (Å²) in [5.74, 6) is 6.20. The highest BCUT2D eigenvalue weighted by molar-refractivity contribution is 5.05. The summed E-state index contributed by atoms with van der Waals surface area (Å²) in [6.07, 6.45) is 3.92. The average Bonchev–Trinajstić information content (AvgIpc) is 2.40. The Hall–Kier alpha value is -0.560. The van der Waals surface area contributed by atoms with E-state index in [-0.39, 0.29) is 5.60 Å². The molecular formula is C15H27NO2. The normalized spacial score (nSPS) is 19.9. The average molecular weight is 253 g/mol. The largest absolute Gasteiger partial charge is 0.381 e. The lowest BCUT2D eigenvalue weighted by molar-refractivity contribution is -0.125. The molecule has 18 heavy (non-hydrogen) atoms. The Morgan fingerprint density at radius 1 is 1.33 bits per heavy atom. The van der Waals surface area contributed by atoms with Crippen LogP contribution < -0.4 is 5.32 Å².